The summed E-state index contributed by atoms with van der Waals surface area (Å²) in [6, 6.07) is 10.4. The van der Waals surface area contributed by atoms with Gasteiger partial charge in [-0.1, -0.05) is 18.2 Å². The van der Waals surface area contributed by atoms with Crippen molar-refractivity contribution in [3.05, 3.63) is 30.3 Å². The molecule has 30 heavy (non-hydrogen) atoms. The van der Waals surface area contributed by atoms with Crippen molar-refractivity contribution in [3.8, 4) is 0 Å². The van der Waals surface area contributed by atoms with E-state index >= 15 is 0 Å². The zero-order valence-electron chi connectivity index (χ0n) is 18.7. The molecule has 7 heteroatoms. The maximum Gasteiger partial charge on any atom is 0.243 e. The van der Waals surface area contributed by atoms with Crippen molar-refractivity contribution in [2.75, 3.05) is 65.4 Å². The van der Waals surface area contributed by atoms with E-state index in [9.17, 15) is 4.79 Å². The average Bonchev–Trinajstić information content (AvgIpc) is 2.78. The van der Waals surface area contributed by atoms with E-state index in [1.807, 2.05) is 6.07 Å². The third kappa shape index (κ3) is 6.36. The van der Waals surface area contributed by atoms with Crippen molar-refractivity contribution < 1.29 is 9.53 Å². The number of nitrogens with one attached hydrogen (secondary N) is 1. The van der Waals surface area contributed by atoms with Crippen LogP contribution in [0.3, 0.4) is 0 Å². The van der Waals surface area contributed by atoms with Gasteiger partial charge in [0.05, 0.1) is 6.10 Å². The number of carbonyl (C=O) groups excluding carboxylic acids is 1. The molecule has 2 atom stereocenters. The second-order valence-corrected chi connectivity index (χ2v) is 8.51. The number of hydrogen-bond donors (Lipinski definition) is 1. The van der Waals surface area contributed by atoms with Gasteiger partial charge in [0.1, 0.15) is 6.54 Å². The predicted octanol–water partition coefficient (Wildman–Crippen LogP) is 2.05. The second-order valence-electron chi connectivity index (χ2n) is 8.51. The number of benzene rings is 1. The van der Waals surface area contributed by atoms with Crippen molar-refractivity contribution in [3.63, 3.8) is 0 Å². The Labute approximate surface area is 181 Å². The van der Waals surface area contributed by atoms with Gasteiger partial charge in [0.15, 0.2) is 5.96 Å². The van der Waals surface area contributed by atoms with E-state index in [-0.39, 0.29) is 12.5 Å². The van der Waals surface area contributed by atoms with E-state index in [0.717, 1.165) is 58.0 Å². The number of aliphatic imine (C=N–C) groups is 1. The Morgan fingerprint density at radius 1 is 1.23 bits per heavy atom. The molecule has 2 unspecified atom stereocenters. The van der Waals surface area contributed by atoms with Crippen molar-refractivity contribution in [2.24, 2.45) is 10.9 Å². The summed E-state index contributed by atoms with van der Waals surface area (Å²) in [6.45, 7) is 4.74. The van der Waals surface area contributed by atoms with Crippen LogP contribution >= 0.6 is 0 Å². The summed E-state index contributed by atoms with van der Waals surface area (Å²) in [5.41, 5.74) is 1.22. The van der Waals surface area contributed by atoms with Crippen LogP contribution < -0.4 is 10.2 Å². The highest BCUT2D eigenvalue weighted by Gasteiger charge is 2.33. The van der Waals surface area contributed by atoms with Gasteiger partial charge in [-0.3, -0.25) is 4.79 Å². The normalized spacial score (nSPS) is 21.7. The van der Waals surface area contributed by atoms with Crippen molar-refractivity contribution in [2.45, 2.75) is 31.8 Å². The van der Waals surface area contributed by atoms with Crippen LogP contribution in [0.15, 0.2) is 35.3 Å². The molecule has 166 valence electrons. The number of hydrogen-bond acceptors (Lipinski definition) is 4. The van der Waals surface area contributed by atoms with E-state index in [1.165, 1.54) is 12.1 Å². The number of piperidine rings is 1. The fourth-order valence-electron chi connectivity index (χ4n) is 4.16. The number of carbonyl (C=O) groups is 1. The van der Waals surface area contributed by atoms with Gasteiger partial charge in [0, 0.05) is 65.5 Å². The smallest absolute Gasteiger partial charge is 0.243 e. The molecular formula is C23H37N5O2. The van der Waals surface area contributed by atoms with Gasteiger partial charge >= 0.3 is 0 Å². The molecular weight excluding hydrogens is 378 g/mol. The lowest BCUT2D eigenvalue weighted by Gasteiger charge is -2.42. The molecule has 7 nitrogen and oxygen atoms in total. The second kappa shape index (κ2) is 11.2. The maximum atomic E-state index is 12.1. The molecule has 1 aromatic rings. The molecule has 1 amide bonds. The molecule has 2 fully saturated rings. The molecule has 0 aromatic heterocycles. The lowest BCUT2D eigenvalue weighted by atomic mass is 9.88. The van der Waals surface area contributed by atoms with Gasteiger partial charge in [-0.15, -0.1) is 0 Å². The highest BCUT2D eigenvalue weighted by Crippen LogP contribution is 2.28. The lowest BCUT2D eigenvalue weighted by molar-refractivity contribution is -0.127. The summed E-state index contributed by atoms with van der Waals surface area (Å²) in [5.74, 6) is 1.44. The number of likely N-dealkylation sites (tertiary alicyclic amines) is 1. The number of likely N-dealkylation sites (N-methyl/N-ethyl adjacent to an activating group) is 1. The third-order valence-corrected chi connectivity index (χ3v) is 6.03. The van der Waals surface area contributed by atoms with Gasteiger partial charge in [0.2, 0.25) is 5.91 Å². The fourth-order valence-corrected chi connectivity index (χ4v) is 4.16. The van der Waals surface area contributed by atoms with E-state index in [4.69, 9.17) is 4.74 Å². The van der Waals surface area contributed by atoms with Crippen LogP contribution in [0.4, 0.5) is 5.69 Å². The Morgan fingerprint density at radius 2 is 2.03 bits per heavy atom. The number of fused-ring (bicyclic) bond motifs is 1. The Balaban J connectivity index is 1.54. The largest absolute Gasteiger partial charge is 0.378 e. The van der Waals surface area contributed by atoms with E-state index in [2.05, 4.69) is 51.4 Å². The van der Waals surface area contributed by atoms with Crippen LogP contribution in [0.5, 0.6) is 0 Å². The highest BCUT2D eigenvalue weighted by molar-refractivity contribution is 5.85. The summed E-state index contributed by atoms with van der Waals surface area (Å²) in [6.07, 6.45) is 4.77. The zero-order chi connectivity index (χ0) is 21.3. The molecule has 2 aliphatic heterocycles. The molecule has 2 aliphatic rings. The molecule has 0 saturated carbocycles. The highest BCUT2D eigenvalue weighted by atomic mass is 16.5. The number of ether oxygens (including phenoxy) is 1. The molecule has 0 bridgehead atoms. The first kappa shape index (κ1) is 22.4. The molecule has 0 radical (unpaired) electrons. The first-order valence-electron chi connectivity index (χ1n) is 11.2. The quantitative estimate of drug-likeness (QED) is 0.420. The monoisotopic (exact) mass is 415 g/mol. The minimum Gasteiger partial charge on any atom is -0.378 e. The summed E-state index contributed by atoms with van der Waals surface area (Å²) < 4.78 is 5.95. The molecule has 2 heterocycles. The lowest BCUT2D eigenvalue weighted by Crippen LogP contribution is -2.52. The minimum absolute atomic E-state index is 0.0222. The Bertz CT molecular complexity index is 694. The van der Waals surface area contributed by atoms with Crippen molar-refractivity contribution >= 4 is 17.6 Å². The third-order valence-electron chi connectivity index (χ3n) is 6.03. The first-order chi connectivity index (χ1) is 14.5. The molecule has 2 saturated heterocycles. The van der Waals surface area contributed by atoms with Gasteiger partial charge in [-0.05, 0) is 37.8 Å². The predicted molar refractivity (Wildman–Crippen MR) is 122 cm³/mol. The van der Waals surface area contributed by atoms with Crippen LogP contribution in [-0.2, 0) is 9.53 Å². The maximum absolute atomic E-state index is 12.1. The number of guanidine groups is 1. The van der Waals surface area contributed by atoms with E-state index < -0.39 is 0 Å². The average molecular weight is 416 g/mol. The van der Waals surface area contributed by atoms with Crippen LogP contribution in [0.2, 0.25) is 0 Å². The fraction of sp³-hybridized carbons (Fsp3) is 0.652. The summed E-state index contributed by atoms with van der Waals surface area (Å²) in [7, 11) is 5.67. The van der Waals surface area contributed by atoms with Gasteiger partial charge in [-0.25, -0.2) is 4.99 Å². The van der Waals surface area contributed by atoms with Crippen molar-refractivity contribution in [1.29, 1.82) is 0 Å². The molecule has 0 spiro atoms. The van der Waals surface area contributed by atoms with Crippen molar-refractivity contribution in [1.82, 2.24) is 15.1 Å². The Morgan fingerprint density at radius 3 is 2.80 bits per heavy atom. The number of para-hydroxylation sites is 1. The summed E-state index contributed by atoms with van der Waals surface area (Å²) in [5, 5.41) is 3.52. The van der Waals surface area contributed by atoms with Crippen LogP contribution in [0.25, 0.3) is 0 Å². The summed E-state index contributed by atoms with van der Waals surface area (Å²) in [4.78, 5) is 22.9. The molecule has 0 aliphatic carbocycles. The molecule has 1 aromatic carbocycles. The standard InChI is InChI=1S/C23H37N5O2/c1-26(2)22(29)17-25-23(28-15-12-21-19(18-28)9-7-16-30-21)24-13-8-14-27(3)20-10-5-4-6-11-20/h4-6,10-11,19,21H,7-9,12-18H2,1-3H3,(H,24,25). The SMILES string of the molecule is CN(C)C(=O)CN=C(NCCCN(C)c1ccccc1)N1CCC2OCCCC2C1. The van der Waals surface area contributed by atoms with Crippen LogP contribution in [-0.4, -0.2) is 88.2 Å². The van der Waals surface area contributed by atoms with Gasteiger partial charge in [-0.2, -0.15) is 0 Å². The van der Waals surface area contributed by atoms with Crippen LogP contribution in [0.1, 0.15) is 25.7 Å². The first-order valence-corrected chi connectivity index (χ1v) is 11.2. The Kier molecular flexibility index (Phi) is 8.37. The molecule has 3 rings (SSSR count). The Hall–Kier alpha value is -2.28. The van der Waals surface area contributed by atoms with Gasteiger partial charge in [0.25, 0.3) is 0 Å². The number of amides is 1. The minimum atomic E-state index is 0.0222. The topological polar surface area (TPSA) is 60.4 Å². The van der Waals surface area contributed by atoms with E-state index in [1.54, 1.807) is 19.0 Å². The van der Waals surface area contributed by atoms with Crippen LogP contribution in [0, 0.1) is 5.92 Å². The van der Waals surface area contributed by atoms with E-state index in [0.29, 0.717) is 12.0 Å². The zero-order valence-corrected chi connectivity index (χ0v) is 18.7. The molecule has 1 N–H and O–H groups in total. The summed E-state index contributed by atoms with van der Waals surface area (Å²) >= 11 is 0. The van der Waals surface area contributed by atoms with Gasteiger partial charge < -0.3 is 24.8 Å². The number of anilines is 1. The number of nitrogens with zero attached hydrogens (tertiary/aromatic N) is 4. The number of rotatable bonds is 7.